The quantitative estimate of drug-likeness (QED) is 0.574. The first kappa shape index (κ1) is 8.06. The monoisotopic (exact) mass is 141 g/mol. The number of ether oxygens (including phenoxy) is 1. The molecular weight excluding hydrogens is 124 g/mol. The van der Waals surface area contributed by atoms with E-state index in [0.717, 1.165) is 5.92 Å². The molecule has 10 heavy (non-hydrogen) atoms. The Morgan fingerprint density at radius 1 is 1.40 bits per heavy atom. The van der Waals surface area contributed by atoms with Crippen molar-refractivity contribution in [1.82, 2.24) is 0 Å². The van der Waals surface area contributed by atoms with Gasteiger partial charge in [-0.1, -0.05) is 19.8 Å². The highest BCUT2D eigenvalue weighted by Gasteiger charge is 2.18. The van der Waals surface area contributed by atoms with Crippen LogP contribution in [0.25, 0.3) is 0 Å². The zero-order valence-electron chi connectivity index (χ0n) is 6.97. The average Bonchev–Trinajstić information content (AvgIpc) is 1.88. The molecule has 0 spiro atoms. The van der Waals surface area contributed by atoms with Gasteiger partial charge in [-0.2, -0.15) is 0 Å². The van der Waals surface area contributed by atoms with Crippen molar-refractivity contribution in [3.8, 4) is 0 Å². The molecule has 0 amide bonds. The molecule has 0 saturated heterocycles. The van der Waals surface area contributed by atoms with E-state index in [2.05, 4.69) is 6.92 Å². The lowest BCUT2D eigenvalue weighted by Crippen LogP contribution is -2.19. The first-order valence-corrected chi connectivity index (χ1v) is 4.26. The first-order chi connectivity index (χ1) is 4.83. The summed E-state index contributed by atoms with van der Waals surface area (Å²) in [5.74, 6) is 0.874. The summed E-state index contributed by atoms with van der Waals surface area (Å²) in [5.41, 5.74) is 0. The van der Waals surface area contributed by atoms with E-state index in [4.69, 9.17) is 4.74 Å². The minimum Gasteiger partial charge on any atom is -0.373 e. The molecule has 0 aromatic heterocycles. The normalized spacial score (nSPS) is 34.2. The first-order valence-electron chi connectivity index (χ1n) is 4.26. The van der Waals surface area contributed by atoms with Crippen LogP contribution in [0.2, 0.25) is 0 Å². The van der Waals surface area contributed by atoms with E-state index < -0.39 is 0 Å². The second kappa shape index (κ2) is 3.97. The van der Waals surface area contributed by atoms with Crippen LogP contribution >= 0.6 is 0 Å². The van der Waals surface area contributed by atoms with Crippen LogP contribution < -0.4 is 0 Å². The van der Waals surface area contributed by atoms with Gasteiger partial charge in [-0.15, -0.1) is 0 Å². The fraction of sp³-hybridized carbons (Fsp3) is 0.889. The number of hydrogen-bond acceptors (Lipinski definition) is 1. The summed E-state index contributed by atoms with van der Waals surface area (Å²) in [6, 6.07) is 0. The van der Waals surface area contributed by atoms with Gasteiger partial charge >= 0.3 is 0 Å². The molecule has 2 atom stereocenters. The van der Waals surface area contributed by atoms with Crippen LogP contribution in [-0.4, -0.2) is 6.10 Å². The maximum atomic E-state index is 5.43. The van der Waals surface area contributed by atoms with Crippen molar-refractivity contribution in [2.24, 2.45) is 5.92 Å². The maximum Gasteiger partial charge on any atom is 0.0809 e. The lowest BCUT2D eigenvalue weighted by atomic mass is 9.89. The Kier molecular flexibility index (Phi) is 3.20. The molecule has 1 aliphatic rings. The van der Waals surface area contributed by atoms with Gasteiger partial charge in [0.2, 0.25) is 0 Å². The summed E-state index contributed by atoms with van der Waals surface area (Å²) in [6.45, 7) is 6.09. The van der Waals surface area contributed by atoms with Crippen molar-refractivity contribution in [1.29, 1.82) is 0 Å². The smallest absolute Gasteiger partial charge is 0.0809 e. The fourth-order valence-corrected chi connectivity index (χ4v) is 1.69. The Bertz CT molecular complexity index is 88.7. The van der Waals surface area contributed by atoms with Crippen LogP contribution in [0.4, 0.5) is 0 Å². The molecule has 2 unspecified atom stereocenters. The van der Waals surface area contributed by atoms with Crippen molar-refractivity contribution in [2.75, 3.05) is 0 Å². The van der Waals surface area contributed by atoms with E-state index in [1.165, 1.54) is 25.7 Å². The Morgan fingerprint density at radius 2 is 2.20 bits per heavy atom. The van der Waals surface area contributed by atoms with Crippen LogP contribution in [0.15, 0.2) is 0 Å². The minimum atomic E-state index is 0.522. The molecule has 0 bridgehead atoms. The number of hydrogen-bond donors (Lipinski definition) is 0. The molecule has 1 fully saturated rings. The summed E-state index contributed by atoms with van der Waals surface area (Å²) in [6.07, 6.45) is 5.77. The molecule has 0 aromatic rings. The van der Waals surface area contributed by atoms with Gasteiger partial charge in [-0.25, -0.2) is 0 Å². The fourth-order valence-electron chi connectivity index (χ4n) is 1.69. The van der Waals surface area contributed by atoms with Crippen molar-refractivity contribution >= 4 is 0 Å². The molecular formula is C9H17O. The van der Waals surface area contributed by atoms with Crippen molar-refractivity contribution in [3.05, 3.63) is 6.61 Å². The third-order valence-electron chi connectivity index (χ3n) is 2.22. The van der Waals surface area contributed by atoms with Crippen LogP contribution in [0.1, 0.15) is 39.5 Å². The summed E-state index contributed by atoms with van der Waals surface area (Å²) in [7, 11) is 0. The molecule has 1 heteroatoms. The third-order valence-corrected chi connectivity index (χ3v) is 2.22. The van der Waals surface area contributed by atoms with E-state index in [9.17, 15) is 0 Å². The molecule has 1 aliphatic carbocycles. The zero-order valence-corrected chi connectivity index (χ0v) is 6.97. The second-order valence-corrected chi connectivity index (χ2v) is 3.27. The molecule has 1 radical (unpaired) electrons. The molecule has 59 valence electrons. The van der Waals surface area contributed by atoms with Crippen molar-refractivity contribution in [2.45, 2.75) is 45.6 Å². The summed E-state index contributed by atoms with van der Waals surface area (Å²) in [5, 5.41) is 0. The summed E-state index contributed by atoms with van der Waals surface area (Å²) < 4.78 is 5.43. The topological polar surface area (TPSA) is 9.23 Å². The second-order valence-electron chi connectivity index (χ2n) is 3.27. The zero-order chi connectivity index (χ0) is 7.40. The predicted octanol–water partition coefficient (Wildman–Crippen LogP) is 2.76. The van der Waals surface area contributed by atoms with Gasteiger partial charge in [-0.05, 0) is 25.7 Å². The molecule has 0 N–H and O–H groups in total. The molecule has 1 saturated carbocycles. The van der Waals surface area contributed by atoms with Gasteiger partial charge in [0.25, 0.3) is 0 Å². The average molecular weight is 141 g/mol. The van der Waals surface area contributed by atoms with Crippen LogP contribution in [0.5, 0.6) is 0 Å². The molecule has 0 aliphatic heterocycles. The Balaban J connectivity index is 2.18. The summed E-state index contributed by atoms with van der Waals surface area (Å²) in [4.78, 5) is 0. The SMILES string of the molecule is C[CH]OC1CCCC(C)C1. The molecule has 1 rings (SSSR count). The van der Waals surface area contributed by atoms with E-state index in [1.807, 2.05) is 13.5 Å². The third kappa shape index (κ3) is 2.30. The van der Waals surface area contributed by atoms with E-state index in [0.29, 0.717) is 6.10 Å². The Morgan fingerprint density at radius 3 is 2.80 bits per heavy atom. The lowest BCUT2D eigenvalue weighted by molar-refractivity contribution is 0.0595. The van der Waals surface area contributed by atoms with Gasteiger partial charge in [0.1, 0.15) is 0 Å². The van der Waals surface area contributed by atoms with Gasteiger partial charge < -0.3 is 4.74 Å². The van der Waals surface area contributed by atoms with Crippen molar-refractivity contribution < 1.29 is 4.74 Å². The molecule has 1 nitrogen and oxygen atoms in total. The van der Waals surface area contributed by atoms with Gasteiger partial charge in [0.05, 0.1) is 12.7 Å². The highest BCUT2D eigenvalue weighted by atomic mass is 16.5. The highest BCUT2D eigenvalue weighted by molar-refractivity contribution is 4.70. The van der Waals surface area contributed by atoms with Crippen LogP contribution in [0.3, 0.4) is 0 Å². The van der Waals surface area contributed by atoms with Crippen molar-refractivity contribution in [3.63, 3.8) is 0 Å². The van der Waals surface area contributed by atoms with Crippen LogP contribution in [0, 0.1) is 12.5 Å². The van der Waals surface area contributed by atoms with Crippen LogP contribution in [-0.2, 0) is 4.74 Å². The molecule has 0 heterocycles. The van der Waals surface area contributed by atoms with Gasteiger partial charge in [0.15, 0.2) is 0 Å². The minimum absolute atomic E-state index is 0.522. The van der Waals surface area contributed by atoms with E-state index in [-0.39, 0.29) is 0 Å². The van der Waals surface area contributed by atoms with E-state index in [1.54, 1.807) is 0 Å². The molecule has 0 aromatic carbocycles. The Labute approximate surface area is 63.8 Å². The summed E-state index contributed by atoms with van der Waals surface area (Å²) >= 11 is 0. The predicted molar refractivity (Wildman–Crippen MR) is 42.5 cm³/mol. The Hall–Kier alpha value is -0.0400. The lowest BCUT2D eigenvalue weighted by Gasteiger charge is -2.25. The maximum absolute atomic E-state index is 5.43. The largest absolute Gasteiger partial charge is 0.373 e. The standard InChI is InChI=1S/C9H17O/c1-3-10-9-6-4-5-8(2)7-9/h3,8-9H,4-7H2,1-2H3. The highest BCUT2D eigenvalue weighted by Crippen LogP contribution is 2.25. The van der Waals surface area contributed by atoms with Gasteiger partial charge in [-0.3, -0.25) is 0 Å². The van der Waals surface area contributed by atoms with E-state index >= 15 is 0 Å². The van der Waals surface area contributed by atoms with Gasteiger partial charge in [0, 0.05) is 0 Å². The number of rotatable bonds is 2.